The van der Waals surface area contributed by atoms with Crippen LogP contribution in [0.15, 0.2) is 30.6 Å². The first-order chi connectivity index (χ1) is 15.5. The number of hydrogen-bond acceptors (Lipinski definition) is 7. The second-order valence-electron chi connectivity index (χ2n) is 9.29. The van der Waals surface area contributed by atoms with Gasteiger partial charge in [0.1, 0.15) is 17.7 Å². The second kappa shape index (κ2) is 7.13. The van der Waals surface area contributed by atoms with Gasteiger partial charge in [0.2, 0.25) is 5.88 Å². The predicted octanol–water partition coefficient (Wildman–Crippen LogP) is 3.18. The Balaban J connectivity index is 1.39. The van der Waals surface area contributed by atoms with Gasteiger partial charge in [-0.25, -0.2) is 15.0 Å². The molecule has 1 atom stereocenters. The molecule has 8 heteroatoms. The summed E-state index contributed by atoms with van der Waals surface area (Å²) in [5, 5.41) is 8.03. The van der Waals surface area contributed by atoms with E-state index in [4.69, 9.17) is 10.5 Å². The zero-order valence-electron chi connectivity index (χ0n) is 18.0. The van der Waals surface area contributed by atoms with E-state index < -0.39 is 5.54 Å². The lowest BCUT2D eigenvalue weighted by molar-refractivity contribution is 0.0945. The van der Waals surface area contributed by atoms with E-state index in [-0.39, 0.29) is 12.0 Å². The highest BCUT2D eigenvalue weighted by Gasteiger charge is 2.41. The number of nitrogens with one attached hydrogen (secondary N) is 2. The molecule has 2 saturated carbocycles. The number of aromatic nitrogens is 3. The summed E-state index contributed by atoms with van der Waals surface area (Å²) < 4.78 is 6.05. The summed E-state index contributed by atoms with van der Waals surface area (Å²) in [5.41, 5.74) is 8.78. The smallest absolute Gasteiger partial charge is 0.253 e. The topological polar surface area (TPSA) is 115 Å². The first-order valence-electron chi connectivity index (χ1n) is 11.3. The third-order valence-corrected chi connectivity index (χ3v) is 6.67. The van der Waals surface area contributed by atoms with Crippen LogP contribution < -0.4 is 21.1 Å². The minimum absolute atomic E-state index is 0.0724. The number of nitrogens with zero attached hydrogens (tertiary/aromatic N) is 3. The monoisotopic (exact) mass is 430 g/mol. The minimum Gasteiger partial charge on any atom is -0.474 e. The Morgan fingerprint density at radius 3 is 2.75 bits per heavy atom. The van der Waals surface area contributed by atoms with Crippen LogP contribution in [0.25, 0.3) is 10.8 Å². The van der Waals surface area contributed by atoms with Crippen LogP contribution in [0, 0.1) is 5.92 Å². The van der Waals surface area contributed by atoms with Crippen molar-refractivity contribution in [1.29, 1.82) is 0 Å². The van der Waals surface area contributed by atoms with Crippen molar-refractivity contribution >= 4 is 28.3 Å². The lowest BCUT2D eigenvalue weighted by atomic mass is 9.86. The van der Waals surface area contributed by atoms with Gasteiger partial charge in [-0.05, 0) is 67.7 Å². The van der Waals surface area contributed by atoms with Crippen LogP contribution in [0.5, 0.6) is 5.88 Å². The van der Waals surface area contributed by atoms with Crippen LogP contribution in [-0.4, -0.2) is 33.5 Å². The molecule has 4 heterocycles. The first-order valence-corrected chi connectivity index (χ1v) is 11.3. The number of carbonyl (C=O) groups excluding carboxylic acids is 1. The molecule has 0 unspecified atom stereocenters. The van der Waals surface area contributed by atoms with Crippen molar-refractivity contribution in [1.82, 2.24) is 20.3 Å². The number of fused-ring (bicyclic) bond motifs is 2. The van der Waals surface area contributed by atoms with E-state index in [2.05, 4.69) is 32.5 Å². The van der Waals surface area contributed by atoms with Crippen LogP contribution in [0.1, 0.15) is 54.2 Å². The van der Waals surface area contributed by atoms with Gasteiger partial charge in [-0.2, -0.15) is 0 Å². The van der Waals surface area contributed by atoms with Gasteiger partial charge in [-0.15, -0.1) is 0 Å². The molecule has 0 saturated heterocycles. The highest BCUT2D eigenvalue weighted by atomic mass is 16.5. The standard InChI is InChI=1S/C24H26N6O2/c1-24(25,13-2-3-13)18-12-28-23(32-14-4-5-14)17-11-27-21(10-16(17)18)30-20-7-6-15-19(29-20)8-9-26-22(15)31/h6-7,10-14H,2-5,8-9,25H2,1H3,(H,26,31)(H,27,29,30)/t24-/m1/s1. The van der Waals surface area contributed by atoms with Gasteiger partial charge in [0, 0.05) is 30.9 Å². The number of nitrogens with two attached hydrogens (primary N) is 1. The first kappa shape index (κ1) is 19.4. The third kappa shape index (κ3) is 3.44. The molecule has 8 nitrogen and oxygen atoms in total. The normalized spacial score (nSPS) is 19.8. The van der Waals surface area contributed by atoms with Crippen LogP contribution in [-0.2, 0) is 12.0 Å². The summed E-state index contributed by atoms with van der Waals surface area (Å²) in [6.45, 7) is 2.69. The van der Waals surface area contributed by atoms with Gasteiger partial charge in [0.15, 0.2) is 0 Å². The van der Waals surface area contributed by atoms with Gasteiger partial charge in [0.05, 0.1) is 16.6 Å². The van der Waals surface area contributed by atoms with E-state index in [1.165, 1.54) is 0 Å². The maximum Gasteiger partial charge on any atom is 0.253 e. The van der Waals surface area contributed by atoms with E-state index in [1.807, 2.05) is 18.3 Å². The van der Waals surface area contributed by atoms with E-state index in [0.29, 0.717) is 42.0 Å². The van der Waals surface area contributed by atoms with Crippen molar-refractivity contribution in [2.24, 2.45) is 11.7 Å². The average molecular weight is 431 g/mol. The van der Waals surface area contributed by atoms with E-state index in [9.17, 15) is 4.79 Å². The molecule has 0 bridgehead atoms. The fourth-order valence-corrected chi connectivity index (χ4v) is 4.44. The zero-order chi connectivity index (χ0) is 21.9. The molecule has 3 aliphatic rings. The SMILES string of the molecule is C[C@](N)(c1cnc(OC2CC2)c2cnc(Nc3ccc4c(n3)CCNC4=O)cc12)C1CC1. The van der Waals surface area contributed by atoms with Crippen molar-refractivity contribution in [2.75, 3.05) is 11.9 Å². The molecule has 164 valence electrons. The molecule has 4 N–H and O–H groups in total. The number of pyridine rings is 3. The second-order valence-corrected chi connectivity index (χ2v) is 9.29. The zero-order valence-corrected chi connectivity index (χ0v) is 18.0. The van der Waals surface area contributed by atoms with Crippen molar-refractivity contribution in [3.05, 3.63) is 47.4 Å². The molecule has 2 fully saturated rings. The molecule has 0 aromatic carbocycles. The lowest BCUT2D eigenvalue weighted by Gasteiger charge is -2.27. The maximum atomic E-state index is 12.0. The number of rotatable bonds is 6. The fourth-order valence-electron chi connectivity index (χ4n) is 4.44. The largest absolute Gasteiger partial charge is 0.474 e. The van der Waals surface area contributed by atoms with Gasteiger partial charge < -0.3 is 21.1 Å². The summed E-state index contributed by atoms with van der Waals surface area (Å²) in [6, 6.07) is 5.62. The predicted molar refractivity (Wildman–Crippen MR) is 121 cm³/mol. The van der Waals surface area contributed by atoms with Crippen molar-refractivity contribution in [3.63, 3.8) is 0 Å². The Kier molecular flexibility index (Phi) is 4.33. The summed E-state index contributed by atoms with van der Waals surface area (Å²) >= 11 is 0. The summed E-state index contributed by atoms with van der Waals surface area (Å²) in [7, 11) is 0. The number of ether oxygens (including phenoxy) is 1. The van der Waals surface area contributed by atoms with Crippen LogP contribution in [0.3, 0.4) is 0 Å². The molecule has 2 aliphatic carbocycles. The Morgan fingerprint density at radius 1 is 1.12 bits per heavy atom. The number of hydrogen-bond donors (Lipinski definition) is 3. The van der Waals surface area contributed by atoms with Crippen molar-refractivity contribution < 1.29 is 9.53 Å². The maximum absolute atomic E-state index is 12.0. The molecule has 6 rings (SSSR count). The van der Waals surface area contributed by atoms with Crippen molar-refractivity contribution in [3.8, 4) is 5.88 Å². The van der Waals surface area contributed by atoms with Crippen molar-refractivity contribution in [2.45, 2.75) is 50.7 Å². The van der Waals surface area contributed by atoms with Gasteiger partial charge >= 0.3 is 0 Å². The Bertz CT molecular complexity index is 1230. The molecule has 1 aliphatic heterocycles. The molecule has 32 heavy (non-hydrogen) atoms. The molecule has 0 radical (unpaired) electrons. The molecular weight excluding hydrogens is 404 g/mol. The lowest BCUT2D eigenvalue weighted by Crippen LogP contribution is -2.35. The third-order valence-electron chi connectivity index (χ3n) is 6.67. The average Bonchev–Trinajstić information content (AvgIpc) is 3.68. The van der Waals surface area contributed by atoms with Crippen LogP contribution in [0.2, 0.25) is 0 Å². The fraction of sp³-hybridized carbons (Fsp3) is 0.417. The number of anilines is 2. The van der Waals surface area contributed by atoms with Gasteiger partial charge in [0.25, 0.3) is 5.91 Å². The summed E-state index contributed by atoms with van der Waals surface area (Å²) in [6.07, 6.45) is 9.05. The quantitative estimate of drug-likeness (QED) is 0.550. The number of carbonyl (C=O) groups is 1. The minimum atomic E-state index is -0.459. The Morgan fingerprint density at radius 2 is 1.97 bits per heavy atom. The summed E-state index contributed by atoms with van der Waals surface area (Å²) in [5.74, 6) is 2.34. The molecule has 3 aromatic rings. The van der Waals surface area contributed by atoms with E-state index >= 15 is 0 Å². The van der Waals surface area contributed by atoms with E-state index in [0.717, 1.165) is 47.7 Å². The molecule has 1 amide bonds. The summed E-state index contributed by atoms with van der Waals surface area (Å²) in [4.78, 5) is 25.9. The number of amides is 1. The molecular formula is C24H26N6O2. The van der Waals surface area contributed by atoms with Gasteiger partial charge in [-0.1, -0.05) is 0 Å². The Labute approximate surface area is 186 Å². The van der Waals surface area contributed by atoms with Crippen LogP contribution in [0.4, 0.5) is 11.6 Å². The Hall–Kier alpha value is -3.26. The van der Waals surface area contributed by atoms with Crippen LogP contribution >= 0.6 is 0 Å². The highest BCUT2D eigenvalue weighted by Crippen LogP contribution is 2.46. The molecule has 3 aromatic heterocycles. The highest BCUT2D eigenvalue weighted by molar-refractivity contribution is 5.96. The molecule has 0 spiro atoms. The van der Waals surface area contributed by atoms with E-state index in [1.54, 1.807) is 12.3 Å². The van der Waals surface area contributed by atoms with Gasteiger partial charge in [-0.3, -0.25) is 4.79 Å².